The molecule has 0 fully saturated rings. The zero-order chi connectivity index (χ0) is 18.6. The van der Waals surface area contributed by atoms with E-state index in [9.17, 15) is 9.59 Å². The molecule has 0 atom stereocenters. The summed E-state index contributed by atoms with van der Waals surface area (Å²) in [5.74, 6) is -0.164. The van der Waals surface area contributed by atoms with Crippen LogP contribution in [0.4, 0.5) is 0 Å². The van der Waals surface area contributed by atoms with Crippen molar-refractivity contribution in [3.8, 4) is 0 Å². The van der Waals surface area contributed by atoms with E-state index in [4.69, 9.17) is 0 Å². The predicted molar refractivity (Wildman–Crippen MR) is 104 cm³/mol. The van der Waals surface area contributed by atoms with E-state index in [1.54, 1.807) is 24.7 Å². The molecule has 0 bridgehead atoms. The highest BCUT2D eigenvalue weighted by atomic mass is 32.1. The van der Waals surface area contributed by atoms with E-state index in [2.05, 4.69) is 15.3 Å². The van der Waals surface area contributed by atoms with Crippen LogP contribution < -0.4 is 10.9 Å². The van der Waals surface area contributed by atoms with E-state index in [1.807, 2.05) is 34.3 Å². The van der Waals surface area contributed by atoms with E-state index in [0.29, 0.717) is 35.4 Å². The minimum absolute atomic E-state index is 0.0758. The molecule has 1 amide bonds. The third kappa shape index (κ3) is 3.80. The number of hydrogen-bond donors (Lipinski definition) is 1. The van der Waals surface area contributed by atoms with Crippen LogP contribution >= 0.6 is 11.3 Å². The standard InChI is InChI=1S/C19H17N5O2S/c25-18(15-3-1-14(2-4-15)11-23-8-6-20-12-23)21-7-9-24-13-22-16-5-10-27-17(16)19(24)26/h1-6,8,10,12-13H,7,9,11H2,(H,21,25). The number of nitrogens with one attached hydrogen (secondary N) is 1. The molecule has 0 radical (unpaired) electrons. The van der Waals surface area contributed by atoms with Gasteiger partial charge in [-0.3, -0.25) is 14.2 Å². The summed E-state index contributed by atoms with van der Waals surface area (Å²) in [5, 5.41) is 4.69. The van der Waals surface area contributed by atoms with Crippen LogP contribution in [-0.4, -0.2) is 31.6 Å². The molecule has 27 heavy (non-hydrogen) atoms. The molecule has 0 aliphatic heterocycles. The van der Waals surface area contributed by atoms with E-state index in [-0.39, 0.29) is 11.5 Å². The van der Waals surface area contributed by atoms with Crippen molar-refractivity contribution >= 4 is 27.5 Å². The maximum absolute atomic E-state index is 12.3. The Morgan fingerprint density at radius 2 is 2.00 bits per heavy atom. The van der Waals surface area contributed by atoms with Gasteiger partial charge in [-0.1, -0.05) is 12.1 Å². The number of aromatic nitrogens is 4. The lowest BCUT2D eigenvalue weighted by Crippen LogP contribution is -2.30. The summed E-state index contributed by atoms with van der Waals surface area (Å²) in [4.78, 5) is 32.9. The minimum Gasteiger partial charge on any atom is -0.350 e. The molecule has 0 saturated carbocycles. The number of carbonyl (C=O) groups is 1. The molecule has 0 unspecified atom stereocenters. The number of rotatable bonds is 6. The molecule has 4 rings (SSSR count). The zero-order valence-electron chi connectivity index (χ0n) is 14.4. The van der Waals surface area contributed by atoms with Crippen molar-refractivity contribution in [2.24, 2.45) is 0 Å². The summed E-state index contributed by atoms with van der Waals surface area (Å²) in [6.45, 7) is 1.45. The number of amides is 1. The Hall–Kier alpha value is -3.26. The number of benzene rings is 1. The van der Waals surface area contributed by atoms with Gasteiger partial charge in [0.25, 0.3) is 11.5 Å². The van der Waals surface area contributed by atoms with Crippen LogP contribution in [0.5, 0.6) is 0 Å². The van der Waals surface area contributed by atoms with Gasteiger partial charge in [-0.2, -0.15) is 0 Å². The molecule has 0 aliphatic carbocycles. The van der Waals surface area contributed by atoms with Crippen molar-refractivity contribution in [3.63, 3.8) is 0 Å². The third-order valence-electron chi connectivity index (χ3n) is 4.21. The van der Waals surface area contributed by atoms with Gasteiger partial charge in [-0.15, -0.1) is 11.3 Å². The number of thiophene rings is 1. The van der Waals surface area contributed by atoms with Gasteiger partial charge in [0.05, 0.1) is 18.2 Å². The van der Waals surface area contributed by atoms with E-state index >= 15 is 0 Å². The van der Waals surface area contributed by atoms with Gasteiger partial charge < -0.3 is 9.88 Å². The number of hydrogen-bond acceptors (Lipinski definition) is 5. The first kappa shape index (κ1) is 17.2. The van der Waals surface area contributed by atoms with Crippen molar-refractivity contribution in [3.05, 3.63) is 82.2 Å². The van der Waals surface area contributed by atoms with Gasteiger partial charge in [0.1, 0.15) is 4.70 Å². The Labute approximate surface area is 158 Å². The maximum atomic E-state index is 12.3. The molecule has 0 spiro atoms. The average Bonchev–Trinajstić information content (AvgIpc) is 3.36. The van der Waals surface area contributed by atoms with Crippen molar-refractivity contribution in [1.82, 2.24) is 24.4 Å². The number of fused-ring (bicyclic) bond motifs is 1. The van der Waals surface area contributed by atoms with E-state index < -0.39 is 0 Å². The lowest BCUT2D eigenvalue weighted by atomic mass is 10.1. The van der Waals surface area contributed by atoms with Crippen molar-refractivity contribution in [2.45, 2.75) is 13.1 Å². The first-order chi connectivity index (χ1) is 13.2. The molecular weight excluding hydrogens is 362 g/mol. The van der Waals surface area contributed by atoms with Crippen LogP contribution in [0.3, 0.4) is 0 Å². The second-order valence-electron chi connectivity index (χ2n) is 6.07. The smallest absolute Gasteiger partial charge is 0.271 e. The summed E-state index contributed by atoms with van der Waals surface area (Å²) < 4.78 is 4.12. The summed E-state index contributed by atoms with van der Waals surface area (Å²) in [6, 6.07) is 9.27. The fourth-order valence-electron chi connectivity index (χ4n) is 2.78. The molecule has 3 aromatic heterocycles. The Kier molecular flexibility index (Phi) is 4.80. The molecule has 3 heterocycles. The number of nitrogens with zero attached hydrogens (tertiary/aromatic N) is 4. The maximum Gasteiger partial charge on any atom is 0.271 e. The second kappa shape index (κ2) is 7.55. The molecule has 136 valence electrons. The summed E-state index contributed by atoms with van der Waals surface area (Å²) in [5.41, 5.74) is 2.31. The minimum atomic E-state index is -0.164. The molecule has 8 heteroatoms. The Balaban J connectivity index is 1.34. The molecule has 1 N–H and O–H groups in total. The first-order valence-electron chi connectivity index (χ1n) is 8.46. The summed E-state index contributed by atoms with van der Waals surface area (Å²) in [7, 11) is 0. The molecule has 0 aliphatic rings. The van der Waals surface area contributed by atoms with Gasteiger partial charge in [0.2, 0.25) is 0 Å². The Morgan fingerprint density at radius 1 is 1.15 bits per heavy atom. The van der Waals surface area contributed by atoms with E-state index in [0.717, 1.165) is 5.56 Å². The summed E-state index contributed by atoms with van der Waals surface area (Å²) in [6.07, 6.45) is 6.91. The number of imidazole rings is 1. The van der Waals surface area contributed by atoms with Crippen LogP contribution in [0.2, 0.25) is 0 Å². The lowest BCUT2D eigenvalue weighted by Gasteiger charge is -2.08. The fourth-order valence-corrected chi connectivity index (χ4v) is 3.58. The lowest BCUT2D eigenvalue weighted by molar-refractivity contribution is 0.0952. The highest BCUT2D eigenvalue weighted by molar-refractivity contribution is 7.17. The van der Waals surface area contributed by atoms with Crippen molar-refractivity contribution in [2.75, 3.05) is 6.54 Å². The van der Waals surface area contributed by atoms with Crippen LogP contribution in [-0.2, 0) is 13.1 Å². The zero-order valence-corrected chi connectivity index (χ0v) is 15.2. The van der Waals surface area contributed by atoms with Crippen molar-refractivity contribution in [1.29, 1.82) is 0 Å². The Morgan fingerprint density at radius 3 is 2.78 bits per heavy atom. The van der Waals surface area contributed by atoms with Crippen molar-refractivity contribution < 1.29 is 4.79 Å². The van der Waals surface area contributed by atoms with Gasteiger partial charge in [-0.25, -0.2) is 9.97 Å². The largest absolute Gasteiger partial charge is 0.350 e. The highest BCUT2D eigenvalue weighted by Crippen LogP contribution is 2.13. The molecule has 0 saturated heterocycles. The molecule has 7 nitrogen and oxygen atoms in total. The monoisotopic (exact) mass is 379 g/mol. The van der Waals surface area contributed by atoms with Crippen LogP contribution in [0.15, 0.2) is 65.6 Å². The van der Waals surface area contributed by atoms with Gasteiger partial charge in [0, 0.05) is 37.6 Å². The quantitative estimate of drug-likeness (QED) is 0.556. The van der Waals surface area contributed by atoms with Crippen LogP contribution in [0.1, 0.15) is 15.9 Å². The highest BCUT2D eigenvalue weighted by Gasteiger charge is 2.07. The fraction of sp³-hybridized carbons (Fsp3) is 0.158. The van der Waals surface area contributed by atoms with Crippen LogP contribution in [0, 0.1) is 0 Å². The molecular formula is C19H17N5O2S. The number of carbonyl (C=O) groups excluding carboxylic acids is 1. The normalized spacial score (nSPS) is 11.0. The Bertz CT molecular complexity index is 1110. The SMILES string of the molecule is O=C(NCCn1cnc2ccsc2c1=O)c1ccc(Cn2ccnc2)cc1. The van der Waals surface area contributed by atoms with Gasteiger partial charge in [0.15, 0.2) is 0 Å². The molecule has 4 aromatic rings. The topological polar surface area (TPSA) is 81.8 Å². The summed E-state index contributed by atoms with van der Waals surface area (Å²) >= 11 is 1.38. The first-order valence-corrected chi connectivity index (χ1v) is 9.34. The van der Waals surface area contributed by atoms with Crippen LogP contribution in [0.25, 0.3) is 10.2 Å². The van der Waals surface area contributed by atoms with Gasteiger partial charge >= 0.3 is 0 Å². The predicted octanol–water partition coefficient (Wildman–Crippen LogP) is 2.13. The third-order valence-corrected chi connectivity index (χ3v) is 5.11. The average molecular weight is 379 g/mol. The van der Waals surface area contributed by atoms with E-state index in [1.165, 1.54) is 22.2 Å². The molecule has 1 aromatic carbocycles. The second-order valence-corrected chi connectivity index (χ2v) is 6.98. The van der Waals surface area contributed by atoms with Gasteiger partial charge in [-0.05, 0) is 29.1 Å².